The second-order valence-corrected chi connectivity index (χ2v) is 6.24. The first-order valence-electron chi connectivity index (χ1n) is 8.70. The number of nitrogens with one attached hydrogen (secondary N) is 2. The molecule has 0 fully saturated rings. The summed E-state index contributed by atoms with van der Waals surface area (Å²) in [6.45, 7) is 1.23. The van der Waals surface area contributed by atoms with Crippen LogP contribution in [0.4, 0.5) is 10.5 Å². The third-order valence-electron chi connectivity index (χ3n) is 4.28. The average molecular weight is 357 g/mol. The molecular weight excluding hydrogens is 338 g/mol. The SMILES string of the molecule is O=C(NCc1ccc(Cn2ccnc2)cc1)Nc1cccc2cccnc12. The molecule has 27 heavy (non-hydrogen) atoms. The van der Waals surface area contributed by atoms with Crippen molar-refractivity contribution in [1.82, 2.24) is 19.9 Å². The van der Waals surface area contributed by atoms with Crippen molar-refractivity contribution in [3.8, 4) is 0 Å². The number of benzene rings is 2. The lowest BCUT2D eigenvalue weighted by Gasteiger charge is -2.10. The Morgan fingerprint density at radius 3 is 2.59 bits per heavy atom. The number of hydrogen-bond donors (Lipinski definition) is 2. The second kappa shape index (κ2) is 7.70. The summed E-state index contributed by atoms with van der Waals surface area (Å²) in [6.07, 6.45) is 7.21. The second-order valence-electron chi connectivity index (χ2n) is 6.24. The summed E-state index contributed by atoms with van der Waals surface area (Å²) >= 11 is 0. The smallest absolute Gasteiger partial charge is 0.319 e. The van der Waals surface area contributed by atoms with Gasteiger partial charge in [0.05, 0.1) is 17.5 Å². The van der Waals surface area contributed by atoms with E-state index in [2.05, 4.69) is 32.7 Å². The Morgan fingerprint density at radius 1 is 0.963 bits per heavy atom. The van der Waals surface area contributed by atoms with Crippen molar-refractivity contribution in [3.63, 3.8) is 0 Å². The van der Waals surface area contributed by atoms with E-state index in [1.807, 2.05) is 53.2 Å². The molecule has 0 saturated heterocycles. The molecule has 2 amide bonds. The van der Waals surface area contributed by atoms with Crippen LogP contribution in [0.25, 0.3) is 10.9 Å². The number of fused-ring (bicyclic) bond motifs is 1. The summed E-state index contributed by atoms with van der Waals surface area (Å²) < 4.78 is 2.01. The minimum atomic E-state index is -0.254. The van der Waals surface area contributed by atoms with Crippen LogP contribution in [-0.2, 0) is 13.1 Å². The van der Waals surface area contributed by atoms with Crippen molar-refractivity contribution >= 4 is 22.6 Å². The number of para-hydroxylation sites is 1. The predicted molar refractivity (Wildman–Crippen MR) is 105 cm³/mol. The van der Waals surface area contributed by atoms with E-state index in [0.717, 1.165) is 23.0 Å². The maximum atomic E-state index is 12.2. The number of hydrogen-bond acceptors (Lipinski definition) is 3. The molecule has 2 N–H and O–H groups in total. The van der Waals surface area contributed by atoms with Crippen LogP contribution in [0.1, 0.15) is 11.1 Å². The highest BCUT2D eigenvalue weighted by Gasteiger charge is 2.06. The van der Waals surface area contributed by atoms with E-state index in [-0.39, 0.29) is 6.03 Å². The Bertz CT molecular complexity index is 1040. The van der Waals surface area contributed by atoms with Crippen LogP contribution in [0.2, 0.25) is 0 Å². The highest BCUT2D eigenvalue weighted by Crippen LogP contribution is 2.20. The Hall–Kier alpha value is -3.67. The molecule has 134 valence electrons. The van der Waals surface area contributed by atoms with Crippen molar-refractivity contribution in [3.05, 3.63) is 90.6 Å². The van der Waals surface area contributed by atoms with Crippen LogP contribution in [-0.4, -0.2) is 20.6 Å². The largest absolute Gasteiger partial charge is 0.334 e. The Balaban J connectivity index is 1.35. The number of aromatic nitrogens is 3. The molecule has 0 saturated carbocycles. The molecule has 0 atom stereocenters. The first-order chi connectivity index (χ1) is 13.3. The van der Waals surface area contributed by atoms with Crippen LogP contribution in [0.3, 0.4) is 0 Å². The summed E-state index contributed by atoms with van der Waals surface area (Å²) in [4.78, 5) is 20.6. The molecule has 0 aliphatic rings. The molecule has 0 aliphatic carbocycles. The standard InChI is InChI=1S/C21H19N5O/c27-21(25-19-5-1-3-18-4-2-10-23-20(18)19)24-13-16-6-8-17(9-7-16)14-26-12-11-22-15-26/h1-12,15H,13-14H2,(H2,24,25,27). The fraction of sp³-hybridized carbons (Fsp3) is 0.0952. The van der Waals surface area contributed by atoms with Crippen molar-refractivity contribution in [2.75, 3.05) is 5.32 Å². The Kier molecular flexibility index (Phi) is 4.78. The number of amides is 2. The number of carbonyl (C=O) groups excluding carboxylic acids is 1. The quantitative estimate of drug-likeness (QED) is 0.571. The molecule has 2 aromatic heterocycles. The molecule has 2 heterocycles. The normalized spacial score (nSPS) is 10.7. The van der Waals surface area contributed by atoms with Crippen molar-refractivity contribution < 1.29 is 4.79 Å². The Morgan fingerprint density at radius 2 is 1.78 bits per heavy atom. The number of imidazole rings is 1. The summed E-state index contributed by atoms with van der Waals surface area (Å²) in [5.74, 6) is 0. The van der Waals surface area contributed by atoms with E-state index in [9.17, 15) is 4.79 Å². The van der Waals surface area contributed by atoms with Crippen molar-refractivity contribution in [2.45, 2.75) is 13.1 Å². The highest BCUT2D eigenvalue weighted by molar-refractivity contribution is 5.99. The van der Waals surface area contributed by atoms with E-state index >= 15 is 0 Å². The van der Waals surface area contributed by atoms with Gasteiger partial charge in [-0.3, -0.25) is 4.98 Å². The number of nitrogens with zero attached hydrogens (tertiary/aromatic N) is 3. The number of urea groups is 1. The molecule has 4 rings (SSSR count). The van der Waals surface area contributed by atoms with Gasteiger partial charge in [0.25, 0.3) is 0 Å². The highest BCUT2D eigenvalue weighted by atomic mass is 16.2. The Labute approximate surface area is 156 Å². The lowest BCUT2D eigenvalue weighted by Crippen LogP contribution is -2.28. The van der Waals surface area contributed by atoms with Gasteiger partial charge in [-0.05, 0) is 23.3 Å². The van der Waals surface area contributed by atoms with Gasteiger partial charge < -0.3 is 15.2 Å². The van der Waals surface area contributed by atoms with Gasteiger partial charge in [0, 0.05) is 37.1 Å². The van der Waals surface area contributed by atoms with Gasteiger partial charge in [0.15, 0.2) is 0 Å². The first-order valence-corrected chi connectivity index (χ1v) is 8.70. The maximum Gasteiger partial charge on any atom is 0.319 e. The summed E-state index contributed by atoms with van der Waals surface area (Å²) in [6, 6.07) is 17.5. The van der Waals surface area contributed by atoms with E-state index < -0.39 is 0 Å². The minimum absolute atomic E-state index is 0.254. The van der Waals surface area contributed by atoms with E-state index in [0.29, 0.717) is 12.2 Å². The lowest BCUT2D eigenvalue weighted by molar-refractivity contribution is 0.252. The molecule has 0 bridgehead atoms. The molecule has 4 aromatic rings. The third-order valence-corrected chi connectivity index (χ3v) is 4.28. The zero-order chi connectivity index (χ0) is 18.5. The van der Waals surface area contributed by atoms with Crippen molar-refractivity contribution in [1.29, 1.82) is 0 Å². The summed E-state index contributed by atoms with van der Waals surface area (Å²) in [7, 11) is 0. The molecule has 6 heteroatoms. The van der Waals surface area contributed by atoms with Crippen LogP contribution < -0.4 is 10.6 Å². The molecule has 0 aliphatic heterocycles. The average Bonchev–Trinajstić information content (AvgIpc) is 3.21. The third kappa shape index (κ3) is 4.12. The monoisotopic (exact) mass is 357 g/mol. The number of carbonyl (C=O) groups is 1. The fourth-order valence-electron chi connectivity index (χ4n) is 2.91. The first kappa shape index (κ1) is 16.8. The molecule has 2 aromatic carbocycles. The number of pyridine rings is 1. The zero-order valence-electron chi connectivity index (χ0n) is 14.7. The van der Waals surface area contributed by atoms with Crippen LogP contribution in [0, 0.1) is 0 Å². The fourth-order valence-corrected chi connectivity index (χ4v) is 2.91. The van der Waals surface area contributed by atoms with Gasteiger partial charge in [0.1, 0.15) is 0 Å². The molecule has 0 unspecified atom stereocenters. The minimum Gasteiger partial charge on any atom is -0.334 e. The van der Waals surface area contributed by atoms with Gasteiger partial charge in [-0.25, -0.2) is 9.78 Å². The van der Waals surface area contributed by atoms with E-state index in [1.165, 1.54) is 5.56 Å². The molecular formula is C21H19N5O. The molecule has 0 radical (unpaired) electrons. The van der Waals surface area contributed by atoms with Crippen LogP contribution in [0.5, 0.6) is 0 Å². The molecule has 0 spiro atoms. The predicted octanol–water partition coefficient (Wildman–Crippen LogP) is 3.80. The van der Waals surface area contributed by atoms with Gasteiger partial charge in [0.2, 0.25) is 0 Å². The number of anilines is 1. The number of rotatable bonds is 5. The summed E-state index contributed by atoms with van der Waals surface area (Å²) in [5, 5.41) is 6.75. The van der Waals surface area contributed by atoms with Crippen molar-refractivity contribution in [2.24, 2.45) is 0 Å². The van der Waals surface area contributed by atoms with Gasteiger partial charge >= 0.3 is 6.03 Å². The van der Waals surface area contributed by atoms with Gasteiger partial charge in [-0.1, -0.05) is 42.5 Å². The van der Waals surface area contributed by atoms with E-state index in [4.69, 9.17) is 0 Å². The van der Waals surface area contributed by atoms with E-state index in [1.54, 1.807) is 18.7 Å². The molecule has 6 nitrogen and oxygen atoms in total. The summed E-state index contributed by atoms with van der Waals surface area (Å²) in [5.41, 5.74) is 3.69. The van der Waals surface area contributed by atoms with Gasteiger partial charge in [-0.15, -0.1) is 0 Å². The van der Waals surface area contributed by atoms with Crippen LogP contribution >= 0.6 is 0 Å². The maximum absolute atomic E-state index is 12.2. The van der Waals surface area contributed by atoms with Crippen LogP contribution in [0.15, 0.2) is 79.5 Å². The van der Waals surface area contributed by atoms with Gasteiger partial charge in [-0.2, -0.15) is 0 Å². The lowest BCUT2D eigenvalue weighted by atomic mass is 10.1. The zero-order valence-corrected chi connectivity index (χ0v) is 14.7. The topological polar surface area (TPSA) is 71.8 Å².